The Bertz CT molecular complexity index is 984. The van der Waals surface area contributed by atoms with E-state index in [9.17, 15) is 14.0 Å². The Balaban J connectivity index is 1.45. The van der Waals surface area contributed by atoms with Crippen LogP contribution in [0.15, 0.2) is 57.7 Å². The number of carbonyl (C=O) groups excluding carboxylic acids is 1. The molecule has 0 saturated heterocycles. The lowest BCUT2D eigenvalue weighted by Gasteiger charge is -2.16. The number of nitrogens with zero attached hydrogens (tertiary/aromatic N) is 1. The van der Waals surface area contributed by atoms with Crippen molar-refractivity contribution in [3.63, 3.8) is 0 Å². The van der Waals surface area contributed by atoms with Gasteiger partial charge in [-0.05, 0) is 42.7 Å². The van der Waals surface area contributed by atoms with Crippen LogP contribution in [0.1, 0.15) is 18.4 Å². The molecular weight excluding hydrogens is 323 g/mol. The van der Waals surface area contributed by atoms with E-state index in [2.05, 4.69) is 5.32 Å². The summed E-state index contributed by atoms with van der Waals surface area (Å²) in [7, 11) is 0. The zero-order valence-corrected chi connectivity index (χ0v) is 13.5. The number of hydrogen-bond acceptors (Lipinski definition) is 3. The molecule has 6 heteroatoms. The van der Waals surface area contributed by atoms with Crippen molar-refractivity contribution in [1.29, 1.82) is 0 Å². The number of carbonyl (C=O) groups is 1. The monoisotopic (exact) mass is 340 g/mol. The van der Waals surface area contributed by atoms with Crippen LogP contribution in [0.25, 0.3) is 11.1 Å². The summed E-state index contributed by atoms with van der Waals surface area (Å²) >= 11 is 0. The highest BCUT2D eigenvalue weighted by atomic mass is 19.1. The minimum Gasteiger partial charge on any atom is -0.408 e. The number of benzene rings is 2. The molecule has 1 saturated carbocycles. The first-order valence-electron chi connectivity index (χ1n) is 8.23. The molecule has 0 bridgehead atoms. The third kappa shape index (κ3) is 2.73. The van der Waals surface area contributed by atoms with Crippen LogP contribution >= 0.6 is 0 Å². The Morgan fingerprint density at radius 2 is 1.88 bits per heavy atom. The van der Waals surface area contributed by atoms with Gasteiger partial charge in [0.05, 0.1) is 10.9 Å². The van der Waals surface area contributed by atoms with Crippen molar-refractivity contribution in [2.24, 2.45) is 0 Å². The van der Waals surface area contributed by atoms with Gasteiger partial charge < -0.3 is 9.73 Å². The lowest BCUT2D eigenvalue weighted by atomic mass is 9.95. The van der Waals surface area contributed by atoms with Crippen LogP contribution in [0.2, 0.25) is 0 Å². The zero-order chi connectivity index (χ0) is 17.4. The fourth-order valence-electron chi connectivity index (χ4n) is 3.22. The molecule has 1 aromatic heterocycles. The maximum atomic E-state index is 13.1. The Hall–Kier alpha value is -2.89. The van der Waals surface area contributed by atoms with Gasteiger partial charge in [-0.25, -0.2) is 9.18 Å². The van der Waals surface area contributed by atoms with Gasteiger partial charge in [0.2, 0.25) is 5.91 Å². The average molecular weight is 340 g/mol. The summed E-state index contributed by atoms with van der Waals surface area (Å²) in [5.41, 5.74) is 1.51. The number of rotatable bonds is 5. The van der Waals surface area contributed by atoms with Gasteiger partial charge in [0.25, 0.3) is 0 Å². The second kappa shape index (κ2) is 5.88. The lowest BCUT2D eigenvalue weighted by molar-refractivity contribution is -0.123. The number of nitrogens with one attached hydrogen (secondary N) is 1. The van der Waals surface area contributed by atoms with Crippen LogP contribution in [-0.2, 0) is 16.8 Å². The molecule has 1 heterocycles. The Morgan fingerprint density at radius 1 is 1.16 bits per heavy atom. The SMILES string of the molecule is O=C(NCCn1c(=O)oc2ccccc21)C1(c2ccc(F)cc2)CC1. The first-order valence-corrected chi connectivity index (χ1v) is 8.23. The minimum atomic E-state index is -0.558. The lowest BCUT2D eigenvalue weighted by Crippen LogP contribution is -2.37. The molecule has 4 rings (SSSR count). The highest BCUT2D eigenvalue weighted by Gasteiger charge is 2.51. The fraction of sp³-hybridized carbons (Fsp3) is 0.263. The van der Waals surface area contributed by atoms with Gasteiger partial charge >= 0.3 is 5.76 Å². The quantitative estimate of drug-likeness (QED) is 0.776. The number of aromatic nitrogens is 1. The van der Waals surface area contributed by atoms with Gasteiger partial charge in [0.1, 0.15) is 5.82 Å². The summed E-state index contributed by atoms with van der Waals surface area (Å²) < 4.78 is 19.8. The summed E-state index contributed by atoms with van der Waals surface area (Å²) in [5.74, 6) is -0.832. The number of oxazole rings is 1. The molecule has 0 aliphatic heterocycles. The maximum absolute atomic E-state index is 13.1. The smallest absolute Gasteiger partial charge is 0.408 e. The molecule has 2 aromatic carbocycles. The van der Waals surface area contributed by atoms with Crippen molar-refractivity contribution in [3.8, 4) is 0 Å². The Morgan fingerprint density at radius 3 is 2.60 bits per heavy atom. The van der Waals surface area contributed by atoms with E-state index in [1.807, 2.05) is 12.1 Å². The van der Waals surface area contributed by atoms with Gasteiger partial charge in [-0.15, -0.1) is 0 Å². The third-order valence-corrected chi connectivity index (χ3v) is 4.78. The summed E-state index contributed by atoms with van der Waals surface area (Å²) in [6, 6.07) is 13.3. The van der Waals surface area contributed by atoms with Crippen molar-refractivity contribution in [1.82, 2.24) is 9.88 Å². The van der Waals surface area contributed by atoms with Crippen LogP contribution in [0.4, 0.5) is 4.39 Å². The molecule has 3 aromatic rings. The van der Waals surface area contributed by atoms with Crippen LogP contribution in [0, 0.1) is 5.82 Å². The van der Waals surface area contributed by atoms with E-state index >= 15 is 0 Å². The maximum Gasteiger partial charge on any atom is 0.420 e. The second-order valence-corrected chi connectivity index (χ2v) is 6.33. The molecule has 1 fully saturated rings. The summed E-state index contributed by atoms with van der Waals surface area (Å²) in [6.45, 7) is 0.659. The largest absolute Gasteiger partial charge is 0.420 e. The third-order valence-electron chi connectivity index (χ3n) is 4.78. The fourth-order valence-corrected chi connectivity index (χ4v) is 3.22. The van der Waals surface area contributed by atoms with Crippen molar-refractivity contribution < 1.29 is 13.6 Å². The molecular formula is C19H17FN2O3. The van der Waals surface area contributed by atoms with E-state index in [1.54, 1.807) is 24.3 Å². The van der Waals surface area contributed by atoms with Crippen LogP contribution in [0.3, 0.4) is 0 Å². The van der Waals surface area contributed by atoms with Crippen molar-refractivity contribution in [3.05, 3.63) is 70.5 Å². The van der Waals surface area contributed by atoms with Gasteiger partial charge in [-0.2, -0.15) is 0 Å². The molecule has 128 valence electrons. The average Bonchev–Trinajstić information content (AvgIpc) is 3.36. The molecule has 0 atom stereocenters. The highest BCUT2D eigenvalue weighted by Crippen LogP contribution is 2.48. The van der Waals surface area contributed by atoms with Gasteiger partial charge in [0, 0.05) is 13.1 Å². The number of amides is 1. The van der Waals surface area contributed by atoms with E-state index in [4.69, 9.17) is 4.42 Å². The molecule has 1 amide bonds. The molecule has 0 spiro atoms. The van der Waals surface area contributed by atoms with E-state index in [1.165, 1.54) is 16.7 Å². The Labute approximate surface area is 143 Å². The second-order valence-electron chi connectivity index (χ2n) is 6.33. The van der Waals surface area contributed by atoms with Crippen LogP contribution in [0.5, 0.6) is 0 Å². The molecule has 1 aliphatic rings. The normalized spacial score (nSPS) is 15.2. The van der Waals surface area contributed by atoms with E-state index in [-0.39, 0.29) is 11.7 Å². The van der Waals surface area contributed by atoms with Gasteiger partial charge in [0.15, 0.2) is 5.58 Å². The molecule has 25 heavy (non-hydrogen) atoms. The topological polar surface area (TPSA) is 64.2 Å². The molecule has 0 unspecified atom stereocenters. The first kappa shape index (κ1) is 15.6. The van der Waals surface area contributed by atoms with Crippen LogP contribution in [-0.4, -0.2) is 17.0 Å². The molecule has 1 N–H and O–H groups in total. The van der Waals surface area contributed by atoms with Crippen molar-refractivity contribution in [2.45, 2.75) is 24.8 Å². The standard InChI is InChI=1S/C19H17FN2O3/c20-14-7-5-13(6-8-14)19(9-10-19)17(23)21-11-12-22-15-3-1-2-4-16(15)25-18(22)24/h1-8H,9-12H2,(H,21,23). The van der Waals surface area contributed by atoms with E-state index in [0.29, 0.717) is 24.2 Å². The highest BCUT2D eigenvalue weighted by molar-refractivity contribution is 5.91. The predicted molar refractivity (Wildman–Crippen MR) is 90.8 cm³/mol. The number of hydrogen-bond donors (Lipinski definition) is 1. The number of para-hydroxylation sites is 2. The van der Waals surface area contributed by atoms with Gasteiger partial charge in [-0.1, -0.05) is 24.3 Å². The zero-order valence-electron chi connectivity index (χ0n) is 13.5. The van der Waals surface area contributed by atoms with Crippen LogP contribution < -0.4 is 11.1 Å². The molecule has 0 radical (unpaired) electrons. The summed E-state index contributed by atoms with van der Waals surface area (Å²) in [5, 5.41) is 2.89. The molecule has 5 nitrogen and oxygen atoms in total. The minimum absolute atomic E-state index is 0.0834. The summed E-state index contributed by atoms with van der Waals surface area (Å²) in [6.07, 6.45) is 1.50. The van der Waals surface area contributed by atoms with Gasteiger partial charge in [-0.3, -0.25) is 9.36 Å². The molecule has 1 aliphatic carbocycles. The summed E-state index contributed by atoms with van der Waals surface area (Å²) in [4.78, 5) is 24.5. The van der Waals surface area contributed by atoms with E-state index in [0.717, 1.165) is 18.4 Å². The van der Waals surface area contributed by atoms with Crippen molar-refractivity contribution >= 4 is 17.0 Å². The Kier molecular flexibility index (Phi) is 3.67. The predicted octanol–water partition coefficient (Wildman–Crippen LogP) is 2.58. The van der Waals surface area contributed by atoms with E-state index < -0.39 is 11.2 Å². The number of fused-ring (bicyclic) bond motifs is 1. The first-order chi connectivity index (χ1) is 12.1. The number of halogens is 1. The van der Waals surface area contributed by atoms with Crippen molar-refractivity contribution in [2.75, 3.05) is 6.54 Å².